The third kappa shape index (κ3) is 5.21. The predicted octanol–water partition coefficient (Wildman–Crippen LogP) is 2.30. The zero-order valence-electron chi connectivity index (χ0n) is 18.3. The number of nitrogens with one attached hydrogen (secondary N) is 3. The molecule has 1 aliphatic heterocycles. The predicted molar refractivity (Wildman–Crippen MR) is 127 cm³/mol. The van der Waals surface area contributed by atoms with E-state index in [4.69, 9.17) is 17.0 Å². The average molecular weight is 458 g/mol. The quantitative estimate of drug-likeness (QED) is 0.225. The van der Waals surface area contributed by atoms with Crippen LogP contribution in [0.1, 0.15) is 37.7 Å². The summed E-state index contributed by atoms with van der Waals surface area (Å²) in [5.41, 5.74) is 9.73. The van der Waals surface area contributed by atoms with Crippen molar-refractivity contribution < 1.29 is 14.6 Å². The van der Waals surface area contributed by atoms with Gasteiger partial charge in [-0.1, -0.05) is 18.2 Å². The number of carbonyl (C=O) groups is 1. The molecule has 0 unspecified atom stereocenters. The number of methoxy groups -OCH3 is 1. The van der Waals surface area contributed by atoms with E-state index in [-0.39, 0.29) is 17.6 Å². The molecule has 4 N–H and O–H groups in total. The first-order chi connectivity index (χ1) is 15.5. The minimum absolute atomic E-state index is 0.00539. The number of amides is 1. The third-order valence-electron chi connectivity index (χ3n) is 6.66. The second-order valence-electron chi connectivity index (χ2n) is 8.71. The van der Waals surface area contributed by atoms with Gasteiger partial charge < -0.3 is 14.7 Å². The minimum Gasteiger partial charge on any atom is -0.504 e. The van der Waals surface area contributed by atoms with Crippen LogP contribution in [-0.4, -0.2) is 53.5 Å². The van der Waals surface area contributed by atoms with Crippen molar-refractivity contribution in [3.05, 3.63) is 35.9 Å². The number of hydrazone groups is 1. The van der Waals surface area contributed by atoms with Crippen molar-refractivity contribution in [1.29, 1.82) is 0 Å². The molecule has 9 heteroatoms. The van der Waals surface area contributed by atoms with Gasteiger partial charge in [-0.3, -0.25) is 10.2 Å². The maximum Gasteiger partial charge on any atom is 0.243 e. The zero-order valence-corrected chi connectivity index (χ0v) is 19.1. The number of thiocarbonyl (C=S) groups is 1. The van der Waals surface area contributed by atoms with Crippen LogP contribution in [0.15, 0.2) is 35.5 Å². The molecule has 2 bridgehead atoms. The van der Waals surface area contributed by atoms with Crippen molar-refractivity contribution in [3.63, 3.8) is 0 Å². The molecule has 172 valence electrons. The molecule has 1 aromatic rings. The van der Waals surface area contributed by atoms with E-state index in [0.29, 0.717) is 40.7 Å². The number of allylic oxidation sites excluding steroid dienone is 1. The molecule has 1 heterocycles. The number of rotatable bonds is 6. The Kier molecular flexibility index (Phi) is 7.26. The van der Waals surface area contributed by atoms with Gasteiger partial charge >= 0.3 is 0 Å². The van der Waals surface area contributed by atoms with Crippen molar-refractivity contribution >= 4 is 29.5 Å². The van der Waals surface area contributed by atoms with Crippen LogP contribution in [0.2, 0.25) is 0 Å². The van der Waals surface area contributed by atoms with Crippen molar-refractivity contribution in [3.8, 4) is 11.5 Å². The Labute approximate surface area is 194 Å². The lowest BCUT2D eigenvalue weighted by atomic mass is 10.0. The fraction of sp³-hybridized carbons (Fsp3) is 0.522. The lowest BCUT2D eigenvalue weighted by Crippen LogP contribution is -2.51. The number of aromatic hydroxyl groups is 1. The number of phenols is 1. The van der Waals surface area contributed by atoms with Gasteiger partial charge in [-0.2, -0.15) is 5.10 Å². The van der Waals surface area contributed by atoms with E-state index < -0.39 is 0 Å². The number of carbonyl (C=O) groups excluding carboxylic acids is 1. The third-order valence-corrected chi connectivity index (χ3v) is 7.02. The second-order valence-corrected chi connectivity index (χ2v) is 9.10. The normalized spacial score (nSPS) is 26.8. The summed E-state index contributed by atoms with van der Waals surface area (Å²) in [6.07, 6.45) is 10.8. The highest BCUT2D eigenvalue weighted by molar-refractivity contribution is 7.80. The van der Waals surface area contributed by atoms with Crippen LogP contribution < -0.4 is 21.0 Å². The molecule has 3 aliphatic rings. The summed E-state index contributed by atoms with van der Waals surface area (Å²) in [6, 6.07) is 5.55. The molecular formula is C23H31N5O3S. The lowest BCUT2D eigenvalue weighted by molar-refractivity contribution is -0.125. The van der Waals surface area contributed by atoms with E-state index in [1.165, 1.54) is 19.7 Å². The van der Waals surface area contributed by atoms with Crippen LogP contribution in [0.4, 0.5) is 0 Å². The summed E-state index contributed by atoms with van der Waals surface area (Å²) < 4.78 is 5.08. The van der Waals surface area contributed by atoms with Gasteiger partial charge in [-0.15, -0.1) is 0 Å². The van der Waals surface area contributed by atoms with E-state index in [1.54, 1.807) is 18.2 Å². The first-order valence-corrected chi connectivity index (χ1v) is 11.6. The van der Waals surface area contributed by atoms with Crippen LogP contribution >= 0.6 is 12.2 Å². The number of para-hydroxylation sites is 1. The number of benzene rings is 1. The Hall–Kier alpha value is -2.65. The smallest absolute Gasteiger partial charge is 0.243 e. The van der Waals surface area contributed by atoms with Crippen molar-refractivity contribution in [2.24, 2.45) is 22.9 Å². The van der Waals surface area contributed by atoms with Gasteiger partial charge in [-0.25, -0.2) is 10.9 Å². The average Bonchev–Trinajstić information content (AvgIpc) is 3.33. The molecule has 1 saturated carbocycles. The highest BCUT2D eigenvalue weighted by atomic mass is 32.1. The summed E-state index contributed by atoms with van der Waals surface area (Å²) >= 11 is 5.59. The molecule has 4 atom stereocenters. The Morgan fingerprint density at radius 1 is 1.28 bits per heavy atom. The van der Waals surface area contributed by atoms with Gasteiger partial charge in [-0.05, 0) is 68.3 Å². The monoisotopic (exact) mass is 457 g/mol. The molecule has 2 aliphatic carbocycles. The first kappa shape index (κ1) is 22.5. The van der Waals surface area contributed by atoms with Crippen LogP contribution in [-0.2, 0) is 4.79 Å². The van der Waals surface area contributed by atoms with Crippen LogP contribution in [0, 0.1) is 17.8 Å². The van der Waals surface area contributed by atoms with E-state index in [0.717, 1.165) is 32.4 Å². The summed E-state index contributed by atoms with van der Waals surface area (Å²) in [4.78, 5) is 14.7. The van der Waals surface area contributed by atoms with Gasteiger partial charge in [0.2, 0.25) is 5.91 Å². The molecule has 0 spiro atoms. The lowest BCUT2D eigenvalue weighted by Gasteiger charge is -2.27. The maximum atomic E-state index is 12.6. The summed E-state index contributed by atoms with van der Waals surface area (Å²) in [7, 11) is 1.49. The highest BCUT2D eigenvalue weighted by Gasteiger charge is 2.35. The first-order valence-electron chi connectivity index (χ1n) is 11.2. The summed E-state index contributed by atoms with van der Waals surface area (Å²) in [5, 5.41) is 14.8. The van der Waals surface area contributed by atoms with Gasteiger partial charge in [0, 0.05) is 30.6 Å². The van der Waals surface area contributed by atoms with Gasteiger partial charge in [0.05, 0.1) is 13.3 Å². The number of nitrogens with zero attached hydrogens (tertiary/aromatic N) is 2. The number of phenolic OH excluding ortho intramolecular Hbond substituents is 1. The highest BCUT2D eigenvalue weighted by Crippen LogP contribution is 2.38. The Morgan fingerprint density at radius 3 is 2.91 bits per heavy atom. The molecule has 32 heavy (non-hydrogen) atoms. The van der Waals surface area contributed by atoms with Crippen molar-refractivity contribution in [2.45, 2.75) is 38.1 Å². The molecule has 2 fully saturated rings. The molecule has 1 aromatic carbocycles. The van der Waals surface area contributed by atoms with Gasteiger partial charge in [0.25, 0.3) is 0 Å². The molecule has 0 radical (unpaired) electrons. The number of hydrogen-bond acceptors (Lipinski definition) is 6. The molecular weight excluding hydrogens is 426 g/mol. The van der Waals surface area contributed by atoms with Crippen molar-refractivity contribution in [1.82, 2.24) is 21.2 Å². The van der Waals surface area contributed by atoms with E-state index >= 15 is 0 Å². The SMILES string of the molecule is COc1cccc(/C=N\NC(=O)[C@H]2CCCN(C(=S)NN[C@@H]3C[C@@H]4C=C[C@@H]3C4)CC2)c1O. The molecule has 1 amide bonds. The molecule has 0 aromatic heterocycles. The van der Waals surface area contributed by atoms with E-state index in [2.05, 4.69) is 38.4 Å². The van der Waals surface area contributed by atoms with Crippen LogP contribution in [0.5, 0.6) is 11.5 Å². The number of fused-ring (bicyclic) bond motifs is 2. The maximum absolute atomic E-state index is 12.6. The fourth-order valence-electron chi connectivity index (χ4n) is 4.81. The number of likely N-dealkylation sites (tertiary alicyclic amines) is 1. The molecule has 1 saturated heterocycles. The standard InChI is InChI=1S/C23H31N5O3S/c1-31-20-6-2-4-18(21(20)29)14-24-26-22(30)16-5-3-10-28(11-9-16)23(32)27-25-19-13-15-7-8-17(19)12-15/h2,4,6-8,14-17,19,25,29H,3,5,9-13H2,1H3,(H,26,30)(H,27,32)/b24-14-/t15-,16+,17-,19-/m1/s1. The number of hydrazine groups is 1. The Balaban J connectivity index is 1.22. The zero-order chi connectivity index (χ0) is 22.5. The molecule has 8 nitrogen and oxygen atoms in total. The summed E-state index contributed by atoms with van der Waals surface area (Å²) in [5.74, 6) is 1.43. The van der Waals surface area contributed by atoms with Crippen molar-refractivity contribution in [2.75, 3.05) is 20.2 Å². The topological polar surface area (TPSA) is 98.2 Å². The molecule has 4 rings (SSSR count). The fourth-order valence-corrected chi connectivity index (χ4v) is 5.05. The number of ether oxygens (including phenoxy) is 1. The van der Waals surface area contributed by atoms with E-state index in [9.17, 15) is 9.90 Å². The van der Waals surface area contributed by atoms with Crippen LogP contribution in [0.3, 0.4) is 0 Å². The van der Waals surface area contributed by atoms with Gasteiger partial charge in [0.15, 0.2) is 16.6 Å². The summed E-state index contributed by atoms with van der Waals surface area (Å²) in [6.45, 7) is 1.55. The van der Waals surface area contributed by atoms with E-state index in [1.807, 2.05) is 0 Å². The minimum atomic E-state index is -0.123. The second kappa shape index (κ2) is 10.3. The largest absolute Gasteiger partial charge is 0.504 e. The van der Waals surface area contributed by atoms with Crippen LogP contribution in [0.25, 0.3) is 0 Å². The van der Waals surface area contributed by atoms with Gasteiger partial charge in [0.1, 0.15) is 0 Å². The Bertz CT molecular complexity index is 906. The Morgan fingerprint density at radius 2 is 2.16 bits per heavy atom. The number of hydrogen-bond donors (Lipinski definition) is 4.